The van der Waals surface area contributed by atoms with Crippen LogP contribution in [0.2, 0.25) is 0 Å². The number of carbonyl (C=O) groups excluding carboxylic acids is 1. The van der Waals surface area contributed by atoms with Gasteiger partial charge in [0, 0.05) is 22.8 Å². The molecule has 1 amide bonds. The Labute approximate surface area is 184 Å². The number of thioether (sulfide) groups is 1. The Bertz CT molecular complexity index is 1180. The molecule has 7 nitrogen and oxygen atoms in total. The van der Waals surface area contributed by atoms with Crippen LogP contribution in [0.3, 0.4) is 0 Å². The number of aromatic nitrogens is 5. The maximum Gasteiger partial charge on any atom is 0.278 e. The molecule has 2 heterocycles. The van der Waals surface area contributed by atoms with E-state index >= 15 is 0 Å². The van der Waals surface area contributed by atoms with Gasteiger partial charge in [-0.3, -0.25) is 4.79 Å². The summed E-state index contributed by atoms with van der Waals surface area (Å²) < 4.78 is 1.70. The van der Waals surface area contributed by atoms with Gasteiger partial charge in [0.1, 0.15) is 0 Å². The first kappa shape index (κ1) is 20.7. The van der Waals surface area contributed by atoms with Crippen molar-refractivity contribution < 1.29 is 4.79 Å². The van der Waals surface area contributed by atoms with E-state index in [1.165, 1.54) is 11.8 Å². The van der Waals surface area contributed by atoms with E-state index in [4.69, 9.17) is 0 Å². The van der Waals surface area contributed by atoms with Gasteiger partial charge in [0.15, 0.2) is 10.9 Å². The van der Waals surface area contributed by atoms with Gasteiger partial charge >= 0.3 is 0 Å². The summed E-state index contributed by atoms with van der Waals surface area (Å²) in [5, 5.41) is 12.0. The van der Waals surface area contributed by atoms with Crippen molar-refractivity contribution in [2.75, 3.05) is 5.32 Å². The van der Waals surface area contributed by atoms with Crippen LogP contribution in [0.4, 0.5) is 5.69 Å². The lowest BCUT2D eigenvalue weighted by molar-refractivity contribution is 0.102. The Morgan fingerprint density at radius 2 is 1.65 bits per heavy atom. The topological polar surface area (TPSA) is 85.6 Å². The molecule has 0 radical (unpaired) electrons. The lowest BCUT2D eigenvalue weighted by atomic mass is 10.2. The van der Waals surface area contributed by atoms with Crippen LogP contribution in [0.25, 0.3) is 5.69 Å². The van der Waals surface area contributed by atoms with Gasteiger partial charge in [-0.2, -0.15) is 0 Å². The van der Waals surface area contributed by atoms with Crippen LogP contribution in [0, 0.1) is 20.8 Å². The first-order chi connectivity index (χ1) is 15.0. The van der Waals surface area contributed by atoms with Crippen molar-refractivity contribution in [1.29, 1.82) is 0 Å². The number of nitrogens with one attached hydrogen (secondary N) is 1. The Morgan fingerprint density at radius 3 is 2.32 bits per heavy atom. The van der Waals surface area contributed by atoms with Crippen molar-refractivity contribution >= 4 is 23.4 Å². The molecule has 156 valence electrons. The number of carbonyl (C=O) groups is 1. The number of anilines is 1. The van der Waals surface area contributed by atoms with Gasteiger partial charge in [-0.05, 0) is 51.1 Å². The average molecular weight is 431 g/mol. The molecule has 0 bridgehead atoms. The molecule has 0 atom stereocenters. The van der Waals surface area contributed by atoms with E-state index in [2.05, 4.69) is 25.6 Å². The molecule has 0 aliphatic rings. The molecular weight excluding hydrogens is 408 g/mol. The molecule has 8 heteroatoms. The molecule has 0 aliphatic heterocycles. The van der Waals surface area contributed by atoms with Gasteiger partial charge in [0.05, 0.1) is 11.4 Å². The Balaban J connectivity index is 1.67. The number of amides is 1. The van der Waals surface area contributed by atoms with Crippen molar-refractivity contribution in [1.82, 2.24) is 25.0 Å². The number of nitrogens with zero attached hydrogens (tertiary/aromatic N) is 5. The van der Waals surface area contributed by atoms with Crippen LogP contribution in [-0.4, -0.2) is 30.9 Å². The van der Waals surface area contributed by atoms with Crippen molar-refractivity contribution in [3.63, 3.8) is 0 Å². The highest BCUT2D eigenvalue weighted by atomic mass is 32.2. The van der Waals surface area contributed by atoms with E-state index in [1.54, 1.807) is 4.68 Å². The first-order valence-corrected chi connectivity index (χ1v) is 10.8. The molecule has 31 heavy (non-hydrogen) atoms. The highest BCUT2D eigenvalue weighted by Gasteiger charge is 2.21. The normalized spacial score (nSPS) is 10.8. The molecule has 4 rings (SSSR count). The Kier molecular flexibility index (Phi) is 6.08. The van der Waals surface area contributed by atoms with Crippen LogP contribution < -0.4 is 5.32 Å². The van der Waals surface area contributed by atoms with Gasteiger partial charge in [-0.25, -0.2) is 14.6 Å². The van der Waals surface area contributed by atoms with Crippen molar-refractivity contribution in [2.45, 2.75) is 31.7 Å². The summed E-state index contributed by atoms with van der Waals surface area (Å²) in [4.78, 5) is 22.0. The van der Waals surface area contributed by atoms with E-state index in [-0.39, 0.29) is 11.6 Å². The lowest BCUT2D eigenvalue weighted by Crippen LogP contribution is -2.15. The summed E-state index contributed by atoms with van der Waals surface area (Å²) in [6.45, 7) is 5.91. The second kappa shape index (κ2) is 9.09. The predicted octanol–water partition coefficient (Wildman–Crippen LogP) is 4.53. The number of para-hydroxylation sites is 1. The predicted molar refractivity (Wildman–Crippen MR) is 122 cm³/mol. The van der Waals surface area contributed by atoms with Gasteiger partial charge < -0.3 is 5.32 Å². The molecule has 0 unspecified atom stereocenters. The zero-order valence-corrected chi connectivity index (χ0v) is 18.3. The summed E-state index contributed by atoms with van der Waals surface area (Å²) in [6.07, 6.45) is 0. The van der Waals surface area contributed by atoms with Crippen LogP contribution in [-0.2, 0) is 5.75 Å². The number of rotatable bonds is 6. The highest BCUT2D eigenvalue weighted by molar-refractivity contribution is 7.98. The largest absolute Gasteiger partial charge is 0.321 e. The van der Waals surface area contributed by atoms with Crippen LogP contribution in [0.15, 0.2) is 65.8 Å². The molecule has 0 spiro atoms. The molecule has 2 aromatic carbocycles. The van der Waals surface area contributed by atoms with Crippen molar-refractivity contribution in [3.05, 3.63) is 89.0 Å². The quantitative estimate of drug-likeness (QED) is 0.357. The average Bonchev–Trinajstić information content (AvgIpc) is 3.17. The van der Waals surface area contributed by atoms with E-state index < -0.39 is 0 Å². The van der Waals surface area contributed by atoms with Gasteiger partial charge in [-0.1, -0.05) is 52.9 Å². The third-order valence-corrected chi connectivity index (χ3v) is 5.45. The summed E-state index contributed by atoms with van der Waals surface area (Å²) >= 11 is 1.45. The Hall–Kier alpha value is -3.52. The minimum Gasteiger partial charge on any atom is -0.321 e. The van der Waals surface area contributed by atoms with Crippen molar-refractivity contribution in [3.8, 4) is 5.69 Å². The molecule has 0 saturated heterocycles. The third kappa shape index (κ3) is 4.97. The first-order valence-electron chi connectivity index (χ1n) is 9.83. The molecule has 1 N–H and O–H groups in total. The van der Waals surface area contributed by atoms with Gasteiger partial charge in [-0.15, -0.1) is 5.10 Å². The van der Waals surface area contributed by atoms with E-state index in [0.29, 0.717) is 22.3 Å². The standard InChI is InChI=1S/C23H22N6OS/c1-15-9-11-19(12-10-15)29-20(14-31-23-24-16(2)13-17(3)25-23)21(27-28-29)22(30)26-18-7-5-4-6-8-18/h4-13H,14H2,1-3H3,(H,26,30). The molecule has 0 saturated carbocycles. The summed E-state index contributed by atoms with van der Waals surface area (Å²) in [5.74, 6) is 0.142. The third-order valence-electron chi connectivity index (χ3n) is 4.59. The van der Waals surface area contributed by atoms with Crippen LogP contribution in [0.1, 0.15) is 33.1 Å². The minimum absolute atomic E-state index is 0.279. The second-order valence-electron chi connectivity index (χ2n) is 7.17. The molecule has 0 aliphatic carbocycles. The maximum atomic E-state index is 13.0. The number of hydrogen-bond acceptors (Lipinski definition) is 6. The van der Waals surface area contributed by atoms with E-state index in [1.807, 2.05) is 81.4 Å². The van der Waals surface area contributed by atoms with Gasteiger partial charge in [0.25, 0.3) is 5.91 Å². The van der Waals surface area contributed by atoms with Gasteiger partial charge in [0.2, 0.25) is 0 Å². The fourth-order valence-electron chi connectivity index (χ4n) is 3.10. The summed E-state index contributed by atoms with van der Waals surface area (Å²) in [5.41, 5.74) is 5.46. The lowest BCUT2D eigenvalue weighted by Gasteiger charge is -2.09. The monoisotopic (exact) mass is 430 g/mol. The summed E-state index contributed by atoms with van der Waals surface area (Å²) in [7, 11) is 0. The number of hydrogen-bond donors (Lipinski definition) is 1. The molecule has 2 aromatic heterocycles. The van der Waals surface area contributed by atoms with Crippen LogP contribution >= 0.6 is 11.8 Å². The fourth-order valence-corrected chi connectivity index (χ4v) is 4.05. The van der Waals surface area contributed by atoms with E-state index in [0.717, 1.165) is 22.6 Å². The molecule has 0 fully saturated rings. The summed E-state index contributed by atoms with van der Waals surface area (Å²) in [6, 6.07) is 19.2. The maximum absolute atomic E-state index is 13.0. The SMILES string of the molecule is Cc1ccc(-n2nnc(C(=O)Nc3ccccc3)c2CSc2nc(C)cc(C)n2)cc1. The zero-order chi connectivity index (χ0) is 21.8. The second-order valence-corrected chi connectivity index (χ2v) is 8.12. The smallest absolute Gasteiger partial charge is 0.278 e. The Morgan fingerprint density at radius 1 is 0.968 bits per heavy atom. The molecule has 4 aromatic rings. The fraction of sp³-hybridized carbons (Fsp3) is 0.174. The van der Waals surface area contributed by atoms with E-state index in [9.17, 15) is 4.79 Å². The van der Waals surface area contributed by atoms with Crippen molar-refractivity contribution in [2.24, 2.45) is 0 Å². The molecular formula is C23H22N6OS. The highest BCUT2D eigenvalue weighted by Crippen LogP contribution is 2.24. The minimum atomic E-state index is -0.304. The van der Waals surface area contributed by atoms with Crippen LogP contribution in [0.5, 0.6) is 0 Å². The number of benzene rings is 2. The zero-order valence-electron chi connectivity index (χ0n) is 17.5. The number of aryl methyl sites for hydroxylation is 3.